The number of benzene rings is 1. The lowest BCUT2D eigenvalue weighted by molar-refractivity contribution is -0.108. The second-order valence-electron chi connectivity index (χ2n) is 5.68. The fraction of sp³-hybridized carbons (Fsp3) is 0.444. The minimum absolute atomic E-state index is 0.551. The number of nitrogens with zero attached hydrogens (tertiary/aromatic N) is 1. The molecule has 1 aliphatic carbocycles. The Morgan fingerprint density at radius 3 is 2.45 bits per heavy atom. The van der Waals surface area contributed by atoms with Crippen LogP contribution >= 0.6 is 0 Å². The number of nitriles is 1. The highest BCUT2D eigenvalue weighted by molar-refractivity contribution is 5.65. The molecule has 0 saturated heterocycles. The molecule has 0 aromatic heterocycles. The lowest BCUT2D eigenvalue weighted by Gasteiger charge is -2.29. The Balaban J connectivity index is 1.91. The largest absolute Gasteiger partial charge is 0.303 e. The van der Waals surface area contributed by atoms with E-state index in [0.29, 0.717) is 23.8 Å². The highest BCUT2D eigenvalue weighted by Crippen LogP contribution is 2.38. The van der Waals surface area contributed by atoms with Gasteiger partial charge >= 0.3 is 0 Å². The average molecular weight is 267 g/mol. The van der Waals surface area contributed by atoms with E-state index in [2.05, 4.69) is 12.6 Å². The van der Waals surface area contributed by atoms with E-state index in [0.717, 1.165) is 18.3 Å². The molecule has 2 nitrogen and oxygen atoms in total. The van der Waals surface area contributed by atoms with Crippen LogP contribution in [0.15, 0.2) is 30.8 Å². The van der Waals surface area contributed by atoms with Crippen molar-refractivity contribution in [3.05, 3.63) is 42.0 Å². The lowest BCUT2D eigenvalue weighted by atomic mass is 9.76. The molecule has 2 rings (SSSR count). The van der Waals surface area contributed by atoms with E-state index in [9.17, 15) is 4.79 Å². The Morgan fingerprint density at radius 1 is 1.25 bits per heavy atom. The predicted molar refractivity (Wildman–Crippen MR) is 80.9 cm³/mol. The van der Waals surface area contributed by atoms with E-state index >= 15 is 0 Å². The molecule has 0 spiro atoms. The van der Waals surface area contributed by atoms with Gasteiger partial charge in [0.15, 0.2) is 0 Å². The Hall–Kier alpha value is -1.88. The van der Waals surface area contributed by atoms with Gasteiger partial charge in [-0.25, -0.2) is 0 Å². The molecule has 1 aliphatic rings. The van der Waals surface area contributed by atoms with Crippen molar-refractivity contribution in [2.45, 2.75) is 38.5 Å². The van der Waals surface area contributed by atoms with E-state index < -0.39 is 0 Å². The summed E-state index contributed by atoms with van der Waals surface area (Å²) in [5.41, 5.74) is 3.04. The minimum Gasteiger partial charge on any atom is -0.303 e. The number of allylic oxidation sites excluding steroid dienone is 1. The molecule has 1 aromatic rings. The molecule has 1 aromatic carbocycles. The van der Waals surface area contributed by atoms with Crippen molar-refractivity contribution < 1.29 is 4.79 Å². The van der Waals surface area contributed by atoms with Gasteiger partial charge in [0.1, 0.15) is 6.29 Å². The van der Waals surface area contributed by atoms with Gasteiger partial charge in [-0.05, 0) is 67.2 Å². The summed E-state index contributed by atoms with van der Waals surface area (Å²) >= 11 is 0. The van der Waals surface area contributed by atoms with E-state index in [1.54, 1.807) is 0 Å². The van der Waals surface area contributed by atoms with Gasteiger partial charge in [-0.2, -0.15) is 5.26 Å². The molecule has 104 valence electrons. The molecular weight excluding hydrogens is 246 g/mol. The van der Waals surface area contributed by atoms with Crippen LogP contribution in [0, 0.1) is 23.2 Å². The molecule has 0 N–H and O–H groups in total. The summed E-state index contributed by atoms with van der Waals surface area (Å²) < 4.78 is 0. The van der Waals surface area contributed by atoms with Crippen molar-refractivity contribution in [2.75, 3.05) is 0 Å². The first-order valence-electron chi connectivity index (χ1n) is 7.37. The second kappa shape index (κ2) is 7.05. The highest BCUT2D eigenvalue weighted by Gasteiger charge is 2.23. The maximum Gasteiger partial charge on any atom is 0.120 e. The van der Waals surface area contributed by atoms with E-state index in [1.165, 1.54) is 31.3 Å². The maximum atomic E-state index is 10.4. The molecular formula is C18H21NO. The standard InChI is InChI=1S/C18H21NO/c1-14(18-10-6-16(13-19)7-11-18)17-8-4-15(5-9-17)3-2-12-20/h6-7,10-12,15,17H,1-5,8-9H2/t15-,17-. The molecule has 0 radical (unpaired) electrons. The Labute approximate surface area is 121 Å². The number of aldehydes is 1. The van der Waals surface area contributed by atoms with Crippen LogP contribution in [0.2, 0.25) is 0 Å². The molecule has 20 heavy (non-hydrogen) atoms. The molecule has 0 atom stereocenters. The molecule has 1 saturated carbocycles. The third-order valence-electron chi connectivity index (χ3n) is 4.42. The summed E-state index contributed by atoms with van der Waals surface area (Å²) in [6, 6.07) is 9.85. The van der Waals surface area contributed by atoms with E-state index in [-0.39, 0.29) is 0 Å². The van der Waals surface area contributed by atoms with E-state index in [4.69, 9.17) is 5.26 Å². The Bertz CT molecular complexity index is 501. The fourth-order valence-corrected chi connectivity index (χ4v) is 3.10. The fourth-order valence-electron chi connectivity index (χ4n) is 3.10. The van der Waals surface area contributed by atoms with Gasteiger partial charge in [0.2, 0.25) is 0 Å². The van der Waals surface area contributed by atoms with Crippen molar-refractivity contribution in [2.24, 2.45) is 11.8 Å². The van der Waals surface area contributed by atoms with E-state index in [1.807, 2.05) is 24.3 Å². The summed E-state index contributed by atoms with van der Waals surface area (Å²) in [6.07, 6.45) is 7.51. The average Bonchev–Trinajstić information content (AvgIpc) is 2.53. The monoisotopic (exact) mass is 267 g/mol. The number of rotatable bonds is 5. The zero-order valence-corrected chi connectivity index (χ0v) is 11.8. The van der Waals surface area contributed by atoms with Gasteiger partial charge in [-0.15, -0.1) is 0 Å². The Kier molecular flexibility index (Phi) is 5.12. The first kappa shape index (κ1) is 14.5. The van der Waals surface area contributed by atoms with Crippen LogP contribution in [0.4, 0.5) is 0 Å². The van der Waals surface area contributed by atoms with Crippen molar-refractivity contribution >= 4 is 11.9 Å². The first-order valence-corrected chi connectivity index (χ1v) is 7.37. The minimum atomic E-state index is 0.551. The summed E-state index contributed by atoms with van der Waals surface area (Å²) in [5.74, 6) is 1.26. The van der Waals surface area contributed by atoms with Gasteiger partial charge in [-0.3, -0.25) is 0 Å². The first-order chi connectivity index (χ1) is 9.74. The van der Waals surface area contributed by atoms with Crippen LogP contribution in [0.25, 0.3) is 5.57 Å². The van der Waals surface area contributed by atoms with Gasteiger partial charge < -0.3 is 4.79 Å². The number of hydrogen-bond acceptors (Lipinski definition) is 2. The van der Waals surface area contributed by atoms with Crippen LogP contribution in [-0.2, 0) is 4.79 Å². The van der Waals surface area contributed by atoms with Crippen LogP contribution in [0.1, 0.15) is 49.7 Å². The Morgan fingerprint density at radius 2 is 1.90 bits per heavy atom. The highest BCUT2D eigenvalue weighted by atomic mass is 16.1. The van der Waals surface area contributed by atoms with Crippen LogP contribution in [-0.4, -0.2) is 6.29 Å². The van der Waals surface area contributed by atoms with Crippen molar-refractivity contribution in [3.8, 4) is 6.07 Å². The lowest BCUT2D eigenvalue weighted by Crippen LogP contribution is -2.15. The van der Waals surface area contributed by atoms with Gasteiger partial charge in [0.05, 0.1) is 11.6 Å². The molecule has 0 amide bonds. The SMILES string of the molecule is C=C(c1ccc(C#N)cc1)[C@H]1CC[C@H](CCC=O)CC1. The molecule has 0 bridgehead atoms. The molecule has 0 heterocycles. The molecule has 1 fully saturated rings. The predicted octanol–water partition coefficient (Wildman–Crippen LogP) is 4.36. The molecule has 0 unspecified atom stereocenters. The normalized spacial score (nSPS) is 21.9. The maximum absolute atomic E-state index is 10.4. The summed E-state index contributed by atoms with van der Waals surface area (Å²) in [7, 11) is 0. The van der Waals surface area contributed by atoms with Crippen LogP contribution < -0.4 is 0 Å². The van der Waals surface area contributed by atoms with Crippen molar-refractivity contribution in [1.29, 1.82) is 5.26 Å². The number of hydrogen-bond donors (Lipinski definition) is 0. The summed E-state index contributed by atoms with van der Waals surface area (Å²) in [4.78, 5) is 10.4. The third-order valence-corrected chi connectivity index (χ3v) is 4.42. The number of carbonyl (C=O) groups is 1. The molecule has 2 heteroatoms. The zero-order chi connectivity index (χ0) is 14.4. The van der Waals surface area contributed by atoms with Crippen LogP contribution in [0.3, 0.4) is 0 Å². The van der Waals surface area contributed by atoms with Crippen LogP contribution in [0.5, 0.6) is 0 Å². The second-order valence-corrected chi connectivity index (χ2v) is 5.68. The van der Waals surface area contributed by atoms with Gasteiger partial charge in [0, 0.05) is 6.42 Å². The van der Waals surface area contributed by atoms with Gasteiger partial charge in [0.25, 0.3) is 0 Å². The zero-order valence-electron chi connectivity index (χ0n) is 11.8. The quantitative estimate of drug-likeness (QED) is 0.744. The van der Waals surface area contributed by atoms with Crippen molar-refractivity contribution in [3.63, 3.8) is 0 Å². The summed E-state index contributed by atoms with van der Waals surface area (Å²) in [6.45, 7) is 4.25. The van der Waals surface area contributed by atoms with Crippen molar-refractivity contribution in [1.82, 2.24) is 0 Å². The molecule has 0 aliphatic heterocycles. The summed E-state index contributed by atoms with van der Waals surface area (Å²) in [5, 5.41) is 8.82. The smallest absolute Gasteiger partial charge is 0.120 e. The van der Waals surface area contributed by atoms with Gasteiger partial charge in [-0.1, -0.05) is 18.7 Å². The third kappa shape index (κ3) is 3.57. The topological polar surface area (TPSA) is 40.9 Å². The number of carbonyl (C=O) groups excluding carboxylic acids is 1.